The van der Waals surface area contributed by atoms with Crippen LogP contribution in [0.2, 0.25) is 0 Å². The Kier molecular flexibility index (Phi) is 4.41. The predicted octanol–water partition coefficient (Wildman–Crippen LogP) is 2.87. The van der Waals surface area contributed by atoms with Gasteiger partial charge >= 0.3 is 0 Å². The lowest BCUT2D eigenvalue weighted by atomic mass is 10.2. The second-order valence-electron chi connectivity index (χ2n) is 6.11. The van der Waals surface area contributed by atoms with Crippen molar-refractivity contribution in [1.82, 2.24) is 9.62 Å². The maximum atomic E-state index is 12.9. The molecular formula is C15H24N2O2S2. The number of rotatable bonds is 6. The number of thiophene rings is 1. The molecule has 118 valence electrons. The average molecular weight is 329 g/mol. The minimum absolute atomic E-state index is 0.183. The first-order valence-corrected chi connectivity index (χ1v) is 10.1. The number of nitrogens with one attached hydrogen (secondary N) is 1. The van der Waals surface area contributed by atoms with Crippen molar-refractivity contribution in [3.63, 3.8) is 0 Å². The minimum atomic E-state index is -3.32. The van der Waals surface area contributed by atoms with Gasteiger partial charge in [-0.05, 0) is 45.1 Å². The summed E-state index contributed by atoms with van der Waals surface area (Å²) in [6, 6.07) is 2.72. The fraction of sp³-hybridized carbons (Fsp3) is 0.733. The van der Waals surface area contributed by atoms with Crippen molar-refractivity contribution in [3.05, 3.63) is 15.8 Å². The summed E-state index contributed by atoms with van der Waals surface area (Å²) in [5, 5.41) is 3.46. The quantitative estimate of drug-likeness (QED) is 0.873. The van der Waals surface area contributed by atoms with Crippen LogP contribution < -0.4 is 5.32 Å². The van der Waals surface area contributed by atoms with Crippen molar-refractivity contribution in [3.8, 4) is 0 Å². The Morgan fingerprint density at radius 3 is 2.81 bits per heavy atom. The Hall–Kier alpha value is -0.430. The second-order valence-corrected chi connectivity index (χ2v) is 9.31. The molecule has 2 aliphatic rings. The zero-order valence-corrected chi connectivity index (χ0v) is 14.4. The van der Waals surface area contributed by atoms with E-state index in [1.165, 1.54) is 12.8 Å². The number of hydrogen-bond acceptors (Lipinski definition) is 4. The number of aryl methyl sites for hydroxylation is 1. The summed E-state index contributed by atoms with van der Waals surface area (Å²) < 4.78 is 27.5. The van der Waals surface area contributed by atoms with E-state index in [1.54, 1.807) is 15.6 Å². The van der Waals surface area contributed by atoms with Crippen LogP contribution in [0.4, 0.5) is 0 Å². The molecule has 1 unspecified atom stereocenters. The van der Waals surface area contributed by atoms with Crippen molar-refractivity contribution in [2.45, 2.75) is 69.5 Å². The fourth-order valence-corrected chi connectivity index (χ4v) is 6.38. The Morgan fingerprint density at radius 2 is 2.14 bits per heavy atom. The van der Waals surface area contributed by atoms with Gasteiger partial charge in [0.25, 0.3) is 0 Å². The van der Waals surface area contributed by atoms with Gasteiger partial charge in [-0.15, -0.1) is 11.3 Å². The van der Waals surface area contributed by atoms with E-state index in [4.69, 9.17) is 0 Å². The molecule has 4 nitrogen and oxygen atoms in total. The highest BCUT2D eigenvalue weighted by atomic mass is 32.2. The molecular weight excluding hydrogens is 304 g/mol. The molecule has 0 spiro atoms. The predicted molar refractivity (Wildman–Crippen MR) is 86.1 cm³/mol. The summed E-state index contributed by atoms with van der Waals surface area (Å²) in [5.74, 6) is 0. The van der Waals surface area contributed by atoms with Crippen LogP contribution in [0.15, 0.2) is 11.0 Å². The molecule has 1 aromatic heterocycles. The van der Waals surface area contributed by atoms with Crippen LogP contribution >= 0.6 is 11.3 Å². The normalized spacial score (nSPS) is 23.8. The molecule has 0 radical (unpaired) electrons. The molecule has 2 heterocycles. The van der Waals surface area contributed by atoms with E-state index in [-0.39, 0.29) is 6.04 Å². The summed E-state index contributed by atoms with van der Waals surface area (Å²) in [5.41, 5.74) is 0. The van der Waals surface area contributed by atoms with Gasteiger partial charge in [0.15, 0.2) is 0 Å². The molecule has 6 heteroatoms. The molecule has 1 saturated carbocycles. The first-order chi connectivity index (χ1) is 10.0. The lowest BCUT2D eigenvalue weighted by molar-refractivity contribution is 0.379. The topological polar surface area (TPSA) is 49.4 Å². The largest absolute Gasteiger partial charge is 0.309 e. The van der Waals surface area contributed by atoms with Crippen molar-refractivity contribution in [2.75, 3.05) is 6.54 Å². The third kappa shape index (κ3) is 3.18. The van der Waals surface area contributed by atoms with E-state index in [9.17, 15) is 8.42 Å². The third-order valence-electron chi connectivity index (χ3n) is 4.45. The third-order valence-corrected chi connectivity index (χ3v) is 7.70. The van der Waals surface area contributed by atoms with Gasteiger partial charge in [-0.2, -0.15) is 4.31 Å². The first-order valence-electron chi connectivity index (χ1n) is 7.87. The van der Waals surface area contributed by atoms with Gasteiger partial charge in [-0.3, -0.25) is 0 Å². The van der Waals surface area contributed by atoms with E-state index in [1.807, 2.05) is 13.0 Å². The van der Waals surface area contributed by atoms with Crippen LogP contribution in [-0.4, -0.2) is 31.4 Å². The molecule has 0 amide bonds. The molecule has 1 saturated heterocycles. The first kappa shape index (κ1) is 15.5. The molecule has 1 atom stereocenters. The van der Waals surface area contributed by atoms with Crippen molar-refractivity contribution in [1.29, 1.82) is 0 Å². The highest BCUT2D eigenvalue weighted by Crippen LogP contribution is 2.33. The van der Waals surface area contributed by atoms with Crippen LogP contribution in [-0.2, 0) is 16.6 Å². The highest BCUT2D eigenvalue weighted by Gasteiger charge is 2.35. The van der Waals surface area contributed by atoms with Crippen molar-refractivity contribution >= 4 is 21.4 Å². The zero-order chi connectivity index (χ0) is 15.0. The molecule has 21 heavy (non-hydrogen) atoms. The highest BCUT2D eigenvalue weighted by molar-refractivity contribution is 7.89. The van der Waals surface area contributed by atoms with E-state index in [0.717, 1.165) is 35.6 Å². The van der Waals surface area contributed by atoms with Gasteiger partial charge in [-0.25, -0.2) is 8.42 Å². The summed E-state index contributed by atoms with van der Waals surface area (Å²) in [6.07, 6.45) is 5.38. The summed E-state index contributed by atoms with van der Waals surface area (Å²) in [7, 11) is -3.32. The minimum Gasteiger partial charge on any atom is -0.309 e. The lowest BCUT2D eigenvalue weighted by Crippen LogP contribution is -2.35. The molecule has 3 rings (SSSR count). The Balaban J connectivity index is 1.80. The van der Waals surface area contributed by atoms with Crippen LogP contribution in [0.5, 0.6) is 0 Å². The van der Waals surface area contributed by atoms with Crippen molar-refractivity contribution in [2.24, 2.45) is 0 Å². The van der Waals surface area contributed by atoms with Crippen LogP contribution in [0.1, 0.15) is 48.8 Å². The maximum absolute atomic E-state index is 12.9. The molecule has 0 bridgehead atoms. The summed E-state index contributed by atoms with van der Waals surface area (Å²) in [4.78, 5) is 2.58. The maximum Gasteiger partial charge on any atom is 0.244 e. The van der Waals surface area contributed by atoms with Gasteiger partial charge in [0, 0.05) is 34.9 Å². The molecule has 1 N–H and O–H groups in total. The van der Waals surface area contributed by atoms with E-state index in [2.05, 4.69) is 12.2 Å². The van der Waals surface area contributed by atoms with Crippen molar-refractivity contribution < 1.29 is 8.42 Å². The number of nitrogens with zero attached hydrogens (tertiary/aromatic N) is 1. The van der Waals surface area contributed by atoms with E-state index < -0.39 is 10.0 Å². The second kappa shape index (κ2) is 5.99. The molecule has 1 aliphatic heterocycles. The standard InChI is InChI=1S/C15H24N2O2S2/c1-3-13-5-4-8-17(13)21(18,19)15-9-14(20-11(15)2)10-16-12-6-7-12/h9,12-13,16H,3-8,10H2,1-2H3. The monoisotopic (exact) mass is 328 g/mol. The zero-order valence-electron chi connectivity index (χ0n) is 12.8. The SMILES string of the molecule is CCC1CCCN1S(=O)(=O)c1cc(CNC2CC2)sc1C. The van der Waals surface area contributed by atoms with Gasteiger partial charge < -0.3 is 5.32 Å². The van der Waals surface area contributed by atoms with Crippen LogP contribution in [0.3, 0.4) is 0 Å². The molecule has 2 fully saturated rings. The van der Waals surface area contributed by atoms with E-state index in [0.29, 0.717) is 17.5 Å². The van der Waals surface area contributed by atoms with Gasteiger partial charge in [0.05, 0.1) is 4.90 Å². The Bertz CT molecular complexity index is 605. The van der Waals surface area contributed by atoms with Crippen LogP contribution in [0, 0.1) is 6.92 Å². The van der Waals surface area contributed by atoms with E-state index >= 15 is 0 Å². The number of hydrogen-bond donors (Lipinski definition) is 1. The fourth-order valence-electron chi connectivity index (χ4n) is 3.06. The average Bonchev–Trinajstić information content (AvgIpc) is 3.00. The smallest absolute Gasteiger partial charge is 0.244 e. The summed E-state index contributed by atoms with van der Waals surface area (Å²) >= 11 is 1.61. The lowest BCUT2D eigenvalue weighted by Gasteiger charge is -2.22. The van der Waals surface area contributed by atoms with Crippen LogP contribution in [0.25, 0.3) is 0 Å². The molecule has 1 aliphatic carbocycles. The molecule has 1 aromatic rings. The molecule has 0 aromatic carbocycles. The van der Waals surface area contributed by atoms with Gasteiger partial charge in [0.2, 0.25) is 10.0 Å². The Labute approximate surface area is 131 Å². The van der Waals surface area contributed by atoms with Gasteiger partial charge in [0.1, 0.15) is 0 Å². The summed E-state index contributed by atoms with van der Waals surface area (Å²) in [6.45, 7) is 5.47. The van der Waals surface area contributed by atoms with Gasteiger partial charge in [-0.1, -0.05) is 6.92 Å². The number of sulfonamides is 1. The Morgan fingerprint density at radius 1 is 1.38 bits per heavy atom.